The van der Waals surface area contributed by atoms with Crippen LogP contribution in [-0.2, 0) is 21.2 Å². The topological polar surface area (TPSA) is 57.7 Å². The second-order valence-electron chi connectivity index (χ2n) is 7.81. The van der Waals surface area contributed by atoms with Crippen molar-refractivity contribution in [2.24, 2.45) is 0 Å². The molecular formula is C22H26N2O3S. The molecule has 2 aromatic carbocycles. The molecular weight excluding hydrogens is 372 g/mol. The minimum atomic E-state index is -3.69. The molecule has 0 radical (unpaired) electrons. The van der Waals surface area contributed by atoms with Gasteiger partial charge in [-0.3, -0.25) is 4.79 Å². The molecule has 28 heavy (non-hydrogen) atoms. The smallest absolute Gasteiger partial charge is 0.245 e. The van der Waals surface area contributed by atoms with Gasteiger partial charge in [0.15, 0.2) is 0 Å². The number of fused-ring (bicyclic) bond motifs is 1. The summed E-state index contributed by atoms with van der Waals surface area (Å²) >= 11 is 0. The number of benzene rings is 2. The Kier molecular flexibility index (Phi) is 5.02. The second-order valence-corrected chi connectivity index (χ2v) is 9.70. The van der Waals surface area contributed by atoms with E-state index in [0.29, 0.717) is 25.9 Å². The Labute approximate surface area is 167 Å². The van der Waals surface area contributed by atoms with Crippen molar-refractivity contribution < 1.29 is 13.2 Å². The van der Waals surface area contributed by atoms with E-state index in [9.17, 15) is 13.2 Å². The standard InChI is InChI=1S/C22H26N2O3S/c1-16-7-10-19(11-8-16)28(26,27)24-14-4-6-21(24)22(25)23-13-3-5-18-15-17(2)9-12-20(18)23/h7-12,15,21H,3-6,13-14H2,1-2H3. The lowest BCUT2D eigenvalue weighted by Crippen LogP contribution is -2.49. The van der Waals surface area contributed by atoms with Crippen LogP contribution in [0.15, 0.2) is 47.4 Å². The third-order valence-electron chi connectivity index (χ3n) is 5.74. The van der Waals surface area contributed by atoms with E-state index < -0.39 is 16.1 Å². The fourth-order valence-electron chi connectivity index (χ4n) is 4.26. The third kappa shape index (κ3) is 3.35. The van der Waals surface area contributed by atoms with Gasteiger partial charge >= 0.3 is 0 Å². The molecule has 0 saturated carbocycles. The van der Waals surface area contributed by atoms with Crippen LogP contribution in [0.25, 0.3) is 0 Å². The summed E-state index contributed by atoms with van der Waals surface area (Å²) in [5.41, 5.74) is 4.29. The van der Waals surface area contributed by atoms with Crippen LogP contribution in [0.1, 0.15) is 36.0 Å². The highest BCUT2D eigenvalue weighted by Gasteiger charge is 2.42. The molecule has 0 N–H and O–H groups in total. The Hall–Kier alpha value is -2.18. The molecule has 0 spiro atoms. The molecule has 0 bridgehead atoms. The fourth-order valence-corrected chi connectivity index (χ4v) is 5.91. The summed E-state index contributed by atoms with van der Waals surface area (Å²) in [6.45, 7) is 5.01. The number of rotatable bonds is 3. The van der Waals surface area contributed by atoms with Crippen LogP contribution >= 0.6 is 0 Å². The molecule has 1 fully saturated rings. The van der Waals surface area contributed by atoms with Gasteiger partial charge in [0, 0.05) is 18.8 Å². The van der Waals surface area contributed by atoms with Crippen LogP contribution in [-0.4, -0.2) is 37.8 Å². The quantitative estimate of drug-likeness (QED) is 0.796. The van der Waals surface area contributed by atoms with Gasteiger partial charge in [-0.05, 0) is 63.3 Å². The molecule has 0 aromatic heterocycles. The molecule has 1 saturated heterocycles. The number of nitrogens with zero attached hydrogens (tertiary/aromatic N) is 2. The maximum absolute atomic E-state index is 13.4. The summed E-state index contributed by atoms with van der Waals surface area (Å²) in [7, 11) is -3.69. The van der Waals surface area contributed by atoms with Gasteiger partial charge < -0.3 is 4.90 Å². The predicted molar refractivity (Wildman–Crippen MR) is 110 cm³/mol. The molecule has 148 valence electrons. The van der Waals surface area contributed by atoms with Crippen LogP contribution in [0.3, 0.4) is 0 Å². The Balaban J connectivity index is 1.64. The molecule has 2 heterocycles. The first kappa shape index (κ1) is 19.2. The number of anilines is 1. The summed E-state index contributed by atoms with van der Waals surface area (Å²) in [6, 6.07) is 12.4. The van der Waals surface area contributed by atoms with E-state index in [1.165, 1.54) is 15.4 Å². The van der Waals surface area contributed by atoms with Crippen molar-refractivity contribution in [1.29, 1.82) is 0 Å². The number of carbonyl (C=O) groups excluding carboxylic acids is 1. The molecule has 6 heteroatoms. The Bertz CT molecular complexity index is 999. The van der Waals surface area contributed by atoms with Gasteiger partial charge in [-0.2, -0.15) is 4.31 Å². The number of aryl methyl sites for hydroxylation is 3. The monoisotopic (exact) mass is 398 g/mol. The molecule has 2 aliphatic rings. The van der Waals surface area contributed by atoms with Gasteiger partial charge in [0.25, 0.3) is 0 Å². The predicted octanol–water partition coefficient (Wildman–Crippen LogP) is 3.44. The minimum Gasteiger partial charge on any atom is -0.311 e. The lowest BCUT2D eigenvalue weighted by Gasteiger charge is -2.34. The van der Waals surface area contributed by atoms with Crippen molar-refractivity contribution in [1.82, 2.24) is 4.31 Å². The SMILES string of the molecule is Cc1ccc(S(=O)(=O)N2CCCC2C(=O)N2CCCc3cc(C)ccc32)cc1. The summed E-state index contributed by atoms with van der Waals surface area (Å²) in [6.07, 6.45) is 3.13. The highest BCUT2D eigenvalue weighted by atomic mass is 32.2. The molecule has 2 aromatic rings. The third-order valence-corrected chi connectivity index (χ3v) is 7.66. The highest BCUT2D eigenvalue weighted by Crippen LogP contribution is 2.32. The Morgan fingerprint density at radius 3 is 2.43 bits per heavy atom. The van der Waals surface area contributed by atoms with Crippen LogP contribution in [0.5, 0.6) is 0 Å². The van der Waals surface area contributed by atoms with Gasteiger partial charge in [-0.25, -0.2) is 8.42 Å². The summed E-state index contributed by atoms with van der Waals surface area (Å²) in [5.74, 6) is -0.0991. The fraction of sp³-hybridized carbons (Fsp3) is 0.409. The number of hydrogen-bond acceptors (Lipinski definition) is 3. The number of sulfonamides is 1. The van der Waals surface area contributed by atoms with E-state index in [2.05, 4.69) is 6.07 Å². The summed E-state index contributed by atoms with van der Waals surface area (Å²) in [4.78, 5) is 15.5. The van der Waals surface area contributed by atoms with Crippen LogP contribution < -0.4 is 4.90 Å². The molecule has 1 atom stereocenters. The first-order valence-corrected chi connectivity index (χ1v) is 11.3. The average Bonchev–Trinajstić information content (AvgIpc) is 3.18. The van der Waals surface area contributed by atoms with Crippen molar-refractivity contribution in [3.05, 3.63) is 59.2 Å². The largest absolute Gasteiger partial charge is 0.311 e. The molecule has 0 aliphatic carbocycles. The first-order valence-electron chi connectivity index (χ1n) is 9.87. The van der Waals surface area contributed by atoms with Crippen molar-refractivity contribution in [2.45, 2.75) is 50.5 Å². The molecule has 5 nitrogen and oxygen atoms in total. The normalized spacial score (nSPS) is 20.2. The molecule has 1 unspecified atom stereocenters. The van der Waals surface area contributed by atoms with Crippen molar-refractivity contribution in [3.63, 3.8) is 0 Å². The van der Waals surface area contributed by atoms with E-state index in [-0.39, 0.29) is 10.8 Å². The van der Waals surface area contributed by atoms with Gasteiger partial charge in [-0.1, -0.05) is 35.4 Å². The maximum atomic E-state index is 13.4. The molecule has 2 aliphatic heterocycles. The zero-order valence-corrected chi connectivity index (χ0v) is 17.2. The van der Waals surface area contributed by atoms with Crippen LogP contribution in [0.2, 0.25) is 0 Å². The zero-order chi connectivity index (χ0) is 19.9. The summed E-state index contributed by atoms with van der Waals surface area (Å²) in [5, 5.41) is 0. The van der Waals surface area contributed by atoms with E-state index in [0.717, 1.165) is 24.1 Å². The number of carbonyl (C=O) groups is 1. The number of hydrogen-bond donors (Lipinski definition) is 0. The van der Waals surface area contributed by atoms with Crippen molar-refractivity contribution in [2.75, 3.05) is 18.0 Å². The van der Waals surface area contributed by atoms with Gasteiger partial charge in [0.2, 0.25) is 15.9 Å². The van der Waals surface area contributed by atoms with Crippen molar-refractivity contribution >= 4 is 21.6 Å². The first-order chi connectivity index (χ1) is 13.4. The molecule has 1 amide bonds. The summed E-state index contributed by atoms with van der Waals surface area (Å²) < 4.78 is 27.8. The highest BCUT2D eigenvalue weighted by molar-refractivity contribution is 7.89. The van der Waals surface area contributed by atoms with Gasteiger partial charge in [0.1, 0.15) is 6.04 Å². The van der Waals surface area contributed by atoms with Crippen LogP contribution in [0, 0.1) is 13.8 Å². The van der Waals surface area contributed by atoms with Crippen molar-refractivity contribution in [3.8, 4) is 0 Å². The number of amides is 1. The second kappa shape index (κ2) is 7.33. The Morgan fingerprint density at radius 2 is 1.68 bits per heavy atom. The van der Waals surface area contributed by atoms with Crippen LogP contribution in [0.4, 0.5) is 5.69 Å². The Morgan fingerprint density at radius 1 is 0.964 bits per heavy atom. The zero-order valence-electron chi connectivity index (χ0n) is 16.4. The minimum absolute atomic E-state index is 0.0991. The van der Waals surface area contributed by atoms with E-state index >= 15 is 0 Å². The lowest BCUT2D eigenvalue weighted by molar-refractivity contribution is -0.121. The van der Waals surface area contributed by atoms with E-state index in [1.807, 2.05) is 26.0 Å². The van der Waals surface area contributed by atoms with Gasteiger partial charge in [0.05, 0.1) is 4.90 Å². The van der Waals surface area contributed by atoms with E-state index in [4.69, 9.17) is 0 Å². The van der Waals surface area contributed by atoms with Gasteiger partial charge in [-0.15, -0.1) is 0 Å². The lowest BCUT2D eigenvalue weighted by atomic mass is 9.98. The maximum Gasteiger partial charge on any atom is 0.245 e. The van der Waals surface area contributed by atoms with E-state index in [1.54, 1.807) is 29.2 Å². The molecule has 4 rings (SSSR count). The average molecular weight is 399 g/mol.